The number of amides is 2. The van der Waals surface area contributed by atoms with Crippen molar-refractivity contribution < 1.29 is 14.3 Å². The summed E-state index contributed by atoms with van der Waals surface area (Å²) in [6.45, 7) is 6.14. The third kappa shape index (κ3) is 4.54. The molecule has 0 spiro atoms. The number of aryl methyl sites for hydroxylation is 2. The van der Waals surface area contributed by atoms with Gasteiger partial charge in [0.15, 0.2) is 5.82 Å². The lowest BCUT2D eigenvalue weighted by Crippen LogP contribution is -2.45. The number of carbonyl (C=O) groups is 2. The van der Waals surface area contributed by atoms with Gasteiger partial charge in [-0.3, -0.25) is 9.59 Å². The Balaban J connectivity index is 1.59. The number of nitrogens with one attached hydrogen (secondary N) is 2. The molecular weight excluding hydrogens is 460 g/mol. The zero-order chi connectivity index (χ0) is 25.2. The van der Waals surface area contributed by atoms with Crippen molar-refractivity contribution in [1.29, 1.82) is 0 Å². The molecule has 36 heavy (non-hydrogen) atoms. The van der Waals surface area contributed by atoms with E-state index in [-0.39, 0.29) is 17.6 Å². The van der Waals surface area contributed by atoms with E-state index in [0.29, 0.717) is 54.9 Å². The van der Waals surface area contributed by atoms with Crippen molar-refractivity contribution in [2.75, 3.05) is 23.4 Å². The number of anilines is 2. The minimum Gasteiger partial charge on any atom is -0.477 e. The second-order valence-electron chi connectivity index (χ2n) is 8.60. The molecule has 2 aliphatic rings. The molecule has 0 saturated heterocycles. The molecule has 5 rings (SSSR count). The highest BCUT2D eigenvalue weighted by Gasteiger charge is 2.29. The van der Waals surface area contributed by atoms with Gasteiger partial charge in [0, 0.05) is 25.3 Å². The van der Waals surface area contributed by atoms with Gasteiger partial charge in [0.1, 0.15) is 11.3 Å². The van der Waals surface area contributed by atoms with Crippen LogP contribution in [0.4, 0.5) is 11.4 Å². The molecule has 1 aromatic carbocycles. The molecule has 1 unspecified atom stereocenters. The van der Waals surface area contributed by atoms with E-state index in [2.05, 4.69) is 37.3 Å². The number of aliphatic imine (C=N–C) groups is 1. The Kier molecular flexibility index (Phi) is 6.19. The molecule has 0 fully saturated rings. The number of carbonyl (C=O) groups excluding carboxylic acids is 2. The highest BCUT2D eigenvalue weighted by atomic mass is 16.5. The monoisotopic (exact) mass is 486 g/mol. The third-order valence-electron chi connectivity index (χ3n) is 5.97. The van der Waals surface area contributed by atoms with Crippen molar-refractivity contribution in [2.45, 2.75) is 25.8 Å². The SMILES string of the molecule is C=CC(=O)NC1CCCOc2c(cnn2C)-c2nc(C)cc(n2)C(=O)/N=C2\Nc3ccccc3N2C1. The number of hydrogen-bond donors (Lipinski definition) is 2. The Hall–Kier alpha value is -4.54. The molecule has 184 valence electrons. The summed E-state index contributed by atoms with van der Waals surface area (Å²) >= 11 is 0. The predicted octanol–water partition coefficient (Wildman–Crippen LogP) is 2.46. The lowest BCUT2D eigenvalue weighted by molar-refractivity contribution is -0.117. The quantitative estimate of drug-likeness (QED) is 0.529. The van der Waals surface area contributed by atoms with Crippen LogP contribution in [0, 0.1) is 6.92 Å². The highest BCUT2D eigenvalue weighted by Crippen LogP contribution is 2.33. The number of nitrogens with zero attached hydrogens (tertiary/aromatic N) is 6. The Morgan fingerprint density at radius 3 is 2.97 bits per heavy atom. The van der Waals surface area contributed by atoms with E-state index in [9.17, 15) is 9.59 Å². The van der Waals surface area contributed by atoms with Gasteiger partial charge in [0.05, 0.1) is 24.2 Å². The Morgan fingerprint density at radius 1 is 1.31 bits per heavy atom. The molecule has 0 aliphatic carbocycles. The summed E-state index contributed by atoms with van der Waals surface area (Å²) in [6, 6.07) is 9.01. The van der Waals surface area contributed by atoms with Crippen LogP contribution in [0.1, 0.15) is 29.0 Å². The molecule has 11 heteroatoms. The molecule has 2 N–H and O–H groups in total. The minimum absolute atomic E-state index is 0.156. The van der Waals surface area contributed by atoms with Crippen LogP contribution < -0.4 is 20.3 Å². The van der Waals surface area contributed by atoms with Gasteiger partial charge in [-0.05, 0) is 44.0 Å². The second kappa shape index (κ2) is 9.61. The van der Waals surface area contributed by atoms with Gasteiger partial charge in [0.25, 0.3) is 5.91 Å². The van der Waals surface area contributed by atoms with Crippen LogP contribution in [0.25, 0.3) is 11.4 Å². The summed E-state index contributed by atoms with van der Waals surface area (Å²) in [5, 5.41) is 10.5. The summed E-state index contributed by atoms with van der Waals surface area (Å²) in [4.78, 5) is 40.8. The van der Waals surface area contributed by atoms with Gasteiger partial charge in [0.2, 0.25) is 17.7 Å². The molecule has 3 aromatic rings. The number of aromatic nitrogens is 4. The van der Waals surface area contributed by atoms with Crippen LogP contribution in [0.15, 0.2) is 54.2 Å². The third-order valence-corrected chi connectivity index (χ3v) is 5.97. The average Bonchev–Trinajstić information content (AvgIpc) is 3.40. The van der Waals surface area contributed by atoms with E-state index in [0.717, 1.165) is 11.4 Å². The van der Waals surface area contributed by atoms with Crippen molar-refractivity contribution in [3.05, 3.63) is 60.6 Å². The number of ether oxygens (including phenoxy) is 1. The fourth-order valence-corrected chi connectivity index (χ4v) is 4.28. The van der Waals surface area contributed by atoms with E-state index in [4.69, 9.17) is 4.74 Å². The van der Waals surface area contributed by atoms with E-state index >= 15 is 0 Å². The van der Waals surface area contributed by atoms with Gasteiger partial charge in [-0.2, -0.15) is 10.1 Å². The van der Waals surface area contributed by atoms with Crippen molar-refractivity contribution in [3.8, 4) is 17.3 Å². The van der Waals surface area contributed by atoms with Crippen molar-refractivity contribution in [1.82, 2.24) is 25.1 Å². The lowest BCUT2D eigenvalue weighted by atomic mass is 10.1. The number of para-hydroxylation sites is 2. The molecular formula is C25H26N8O3. The number of guanidine groups is 1. The van der Waals surface area contributed by atoms with Gasteiger partial charge >= 0.3 is 0 Å². The zero-order valence-electron chi connectivity index (χ0n) is 20.1. The van der Waals surface area contributed by atoms with E-state index in [1.807, 2.05) is 29.2 Å². The van der Waals surface area contributed by atoms with E-state index < -0.39 is 5.91 Å². The minimum atomic E-state index is -0.519. The largest absolute Gasteiger partial charge is 0.477 e. The van der Waals surface area contributed by atoms with E-state index in [1.165, 1.54) is 6.08 Å². The molecule has 2 aromatic heterocycles. The standard InChI is InChI=1S/C25H26N8O3/c1-4-21(34)28-16-8-7-11-36-24-17(13-26-32(24)3)22-27-15(2)12-19(29-22)23(35)31-25-30-18-9-5-6-10-20(18)33(25)14-16/h4-6,9-10,12-13,16H,1,7-8,11,14H2,2-3H3,(H,28,34)(H,30,31,35). The first-order chi connectivity index (χ1) is 17.4. The van der Waals surface area contributed by atoms with Crippen LogP contribution in [0.5, 0.6) is 5.88 Å². The maximum Gasteiger partial charge on any atom is 0.298 e. The first-order valence-electron chi connectivity index (χ1n) is 11.6. The summed E-state index contributed by atoms with van der Waals surface area (Å²) in [5.74, 6) is 0.416. The molecule has 2 bridgehead atoms. The molecule has 2 aliphatic heterocycles. The van der Waals surface area contributed by atoms with Crippen molar-refractivity contribution in [3.63, 3.8) is 0 Å². The Morgan fingerprint density at radius 2 is 2.14 bits per heavy atom. The molecule has 0 saturated carbocycles. The molecule has 1 atom stereocenters. The number of hydrogen-bond acceptors (Lipinski definition) is 8. The summed E-state index contributed by atoms with van der Waals surface area (Å²) < 4.78 is 7.67. The first-order valence-corrected chi connectivity index (χ1v) is 11.6. The molecule has 11 nitrogen and oxygen atoms in total. The van der Waals surface area contributed by atoms with Crippen LogP contribution in [0.2, 0.25) is 0 Å². The molecule has 0 radical (unpaired) electrons. The Bertz CT molecular complexity index is 1380. The van der Waals surface area contributed by atoms with E-state index in [1.54, 1.807) is 30.9 Å². The second-order valence-corrected chi connectivity index (χ2v) is 8.60. The molecule has 2 amide bonds. The van der Waals surface area contributed by atoms with Crippen LogP contribution in [-0.2, 0) is 11.8 Å². The van der Waals surface area contributed by atoms with Crippen LogP contribution in [-0.4, -0.2) is 56.7 Å². The van der Waals surface area contributed by atoms with Gasteiger partial charge in [-0.1, -0.05) is 18.7 Å². The van der Waals surface area contributed by atoms with Gasteiger partial charge < -0.3 is 20.3 Å². The topological polar surface area (TPSA) is 127 Å². The first kappa shape index (κ1) is 23.2. The number of fused-ring (bicyclic) bond motifs is 7. The van der Waals surface area contributed by atoms with Gasteiger partial charge in [-0.15, -0.1) is 0 Å². The van der Waals surface area contributed by atoms with Crippen LogP contribution in [0.3, 0.4) is 0 Å². The molecule has 4 heterocycles. The zero-order valence-corrected chi connectivity index (χ0v) is 20.1. The predicted molar refractivity (Wildman–Crippen MR) is 135 cm³/mol. The van der Waals surface area contributed by atoms with Crippen molar-refractivity contribution in [2.24, 2.45) is 12.0 Å². The van der Waals surface area contributed by atoms with Gasteiger partial charge in [-0.25, -0.2) is 14.6 Å². The Labute approximate surface area is 207 Å². The summed E-state index contributed by atoms with van der Waals surface area (Å²) in [6.07, 6.45) is 4.14. The maximum atomic E-state index is 13.3. The normalized spacial score (nSPS) is 18.7. The van der Waals surface area contributed by atoms with Crippen LogP contribution >= 0.6 is 0 Å². The lowest BCUT2D eigenvalue weighted by Gasteiger charge is -2.26. The highest BCUT2D eigenvalue weighted by molar-refractivity contribution is 6.18. The smallest absolute Gasteiger partial charge is 0.298 e. The number of rotatable bonds is 2. The average molecular weight is 487 g/mol. The number of benzene rings is 1. The fourth-order valence-electron chi connectivity index (χ4n) is 4.28. The maximum absolute atomic E-state index is 13.3. The fraction of sp³-hybridized carbons (Fsp3) is 0.280. The summed E-state index contributed by atoms with van der Waals surface area (Å²) in [5.41, 5.74) is 3.04. The van der Waals surface area contributed by atoms with Crippen molar-refractivity contribution >= 4 is 29.1 Å². The summed E-state index contributed by atoms with van der Waals surface area (Å²) in [7, 11) is 1.77.